The van der Waals surface area contributed by atoms with Gasteiger partial charge in [-0.25, -0.2) is 0 Å². The number of nitriles is 1. The van der Waals surface area contributed by atoms with E-state index in [0.717, 1.165) is 35.1 Å². The van der Waals surface area contributed by atoms with Crippen LogP contribution in [0, 0.1) is 25.2 Å². The molecule has 1 amide bonds. The van der Waals surface area contributed by atoms with Crippen molar-refractivity contribution < 1.29 is 9.53 Å². The zero-order chi connectivity index (χ0) is 29.2. The predicted octanol–water partition coefficient (Wildman–Crippen LogP) is 5.31. The van der Waals surface area contributed by atoms with Crippen LogP contribution in [0.15, 0.2) is 60.2 Å². The van der Waals surface area contributed by atoms with Crippen LogP contribution in [0.4, 0.5) is 11.4 Å². The van der Waals surface area contributed by atoms with Crippen LogP contribution in [0.2, 0.25) is 5.02 Å². The fraction of sp³-hybridized carbons (Fsp3) is 0.281. The summed E-state index contributed by atoms with van der Waals surface area (Å²) < 4.78 is 5.89. The predicted molar refractivity (Wildman–Crippen MR) is 164 cm³/mol. The Morgan fingerprint density at radius 2 is 1.95 bits per heavy atom. The van der Waals surface area contributed by atoms with Crippen molar-refractivity contribution in [1.29, 1.82) is 5.26 Å². The third-order valence-electron chi connectivity index (χ3n) is 6.20. The summed E-state index contributed by atoms with van der Waals surface area (Å²) in [7, 11) is 3.97. The number of amides is 1. The Balaban J connectivity index is 1.92. The monoisotopic (exact) mass is 557 g/mol. The molecule has 208 valence electrons. The molecule has 0 bridgehead atoms. The number of hydrogen-bond donors (Lipinski definition) is 2. The standard InChI is InChI=1S/C32H36ClN5O2/c1-7-24(19-34)32(27-18-29(22(3)16-21(27)2)37-31(39)12-9-15-38(5)6)36-25-13-14-30(28(33)17-25)40-20-26-11-8-10-23(4)35-26/h7-8,10-11,13-14,16-18,36H,2,9,12,15,20H2,1,3-6H3,(H,37,39)/b24-7-,32-27+. The van der Waals surface area contributed by atoms with Gasteiger partial charge in [-0.1, -0.05) is 30.3 Å². The molecule has 0 saturated heterocycles. The molecule has 3 aromatic rings. The highest BCUT2D eigenvalue weighted by Crippen LogP contribution is 2.29. The van der Waals surface area contributed by atoms with Gasteiger partial charge >= 0.3 is 0 Å². The van der Waals surface area contributed by atoms with Crippen molar-refractivity contribution in [2.75, 3.05) is 31.3 Å². The number of aryl methyl sites for hydroxylation is 2. The molecule has 0 radical (unpaired) electrons. The number of carbonyl (C=O) groups is 1. The molecule has 7 nitrogen and oxygen atoms in total. The number of ether oxygens (including phenoxy) is 1. The minimum absolute atomic E-state index is 0.0583. The number of nitrogens with one attached hydrogen (secondary N) is 2. The summed E-state index contributed by atoms with van der Waals surface area (Å²) in [6.07, 6.45) is 2.91. The van der Waals surface area contributed by atoms with Crippen LogP contribution in [-0.2, 0) is 11.4 Å². The number of rotatable bonds is 11. The number of aromatic nitrogens is 1. The van der Waals surface area contributed by atoms with Crippen LogP contribution in [0.3, 0.4) is 0 Å². The molecule has 0 unspecified atom stereocenters. The maximum Gasteiger partial charge on any atom is 0.224 e. The molecule has 3 rings (SSSR count). The number of anilines is 2. The van der Waals surface area contributed by atoms with Gasteiger partial charge in [0.15, 0.2) is 0 Å². The number of nitrogens with zero attached hydrogens (tertiary/aromatic N) is 3. The number of allylic oxidation sites excluding steroid dienone is 1. The average molecular weight is 558 g/mol. The highest BCUT2D eigenvalue weighted by Gasteiger charge is 2.12. The first-order valence-corrected chi connectivity index (χ1v) is 13.5. The Hall–Kier alpha value is -4.12. The van der Waals surface area contributed by atoms with E-state index < -0.39 is 0 Å². The summed E-state index contributed by atoms with van der Waals surface area (Å²) in [5.74, 6) is 0.466. The quantitative estimate of drug-likeness (QED) is 0.310. The normalized spacial score (nSPS) is 12.1. The summed E-state index contributed by atoms with van der Waals surface area (Å²) >= 11 is 6.56. The van der Waals surface area contributed by atoms with Crippen LogP contribution in [0.5, 0.6) is 5.75 Å². The number of halogens is 1. The molecular formula is C32H36ClN5O2. The maximum absolute atomic E-state index is 12.6. The van der Waals surface area contributed by atoms with E-state index in [0.29, 0.717) is 51.7 Å². The molecule has 1 heterocycles. The lowest BCUT2D eigenvalue weighted by Gasteiger charge is -2.15. The fourth-order valence-corrected chi connectivity index (χ4v) is 4.35. The molecule has 0 aliphatic carbocycles. The molecule has 40 heavy (non-hydrogen) atoms. The molecule has 0 aliphatic rings. The van der Waals surface area contributed by atoms with Crippen LogP contribution in [-0.4, -0.2) is 36.4 Å². The van der Waals surface area contributed by atoms with Gasteiger partial charge in [0, 0.05) is 28.7 Å². The summed E-state index contributed by atoms with van der Waals surface area (Å²) in [6.45, 7) is 11.0. The topological polar surface area (TPSA) is 90.3 Å². The molecule has 0 atom stereocenters. The van der Waals surface area contributed by atoms with Crippen molar-refractivity contribution in [3.05, 3.63) is 92.6 Å². The first-order chi connectivity index (χ1) is 19.1. The second-order valence-corrected chi connectivity index (χ2v) is 10.2. The third kappa shape index (κ3) is 8.44. The molecule has 0 spiro atoms. The highest BCUT2D eigenvalue weighted by atomic mass is 35.5. The molecule has 8 heteroatoms. The highest BCUT2D eigenvalue weighted by molar-refractivity contribution is 6.32. The van der Waals surface area contributed by atoms with Crippen LogP contribution < -0.4 is 25.8 Å². The lowest BCUT2D eigenvalue weighted by Crippen LogP contribution is -2.30. The van der Waals surface area contributed by atoms with E-state index in [1.54, 1.807) is 25.1 Å². The van der Waals surface area contributed by atoms with Gasteiger partial charge in [0.2, 0.25) is 5.91 Å². The van der Waals surface area contributed by atoms with Gasteiger partial charge in [-0.05, 0) is 101 Å². The van der Waals surface area contributed by atoms with Crippen molar-refractivity contribution >= 4 is 41.2 Å². The van der Waals surface area contributed by atoms with Gasteiger partial charge in [-0.3, -0.25) is 9.78 Å². The van der Waals surface area contributed by atoms with E-state index >= 15 is 0 Å². The molecule has 1 aromatic heterocycles. The molecule has 0 aliphatic heterocycles. The zero-order valence-corrected chi connectivity index (χ0v) is 24.5. The Bertz CT molecular complexity index is 1560. The summed E-state index contributed by atoms with van der Waals surface area (Å²) in [4.78, 5) is 19.1. The van der Waals surface area contributed by atoms with Crippen molar-refractivity contribution in [2.45, 2.75) is 40.2 Å². The molecule has 0 saturated carbocycles. The number of benzene rings is 2. The smallest absolute Gasteiger partial charge is 0.224 e. The minimum atomic E-state index is -0.0583. The van der Waals surface area contributed by atoms with Gasteiger partial charge in [0.25, 0.3) is 0 Å². The van der Waals surface area contributed by atoms with Gasteiger partial charge < -0.3 is 20.3 Å². The molecule has 2 aromatic carbocycles. The van der Waals surface area contributed by atoms with Gasteiger partial charge in [-0.2, -0.15) is 5.26 Å². The second-order valence-electron chi connectivity index (χ2n) is 9.80. The van der Waals surface area contributed by atoms with Crippen LogP contribution in [0.1, 0.15) is 36.7 Å². The second kappa shape index (κ2) is 14.3. The van der Waals surface area contributed by atoms with Crippen molar-refractivity contribution in [1.82, 2.24) is 9.88 Å². The number of pyridine rings is 1. The van der Waals surface area contributed by atoms with Crippen LogP contribution >= 0.6 is 11.6 Å². The zero-order valence-electron chi connectivity index (χ0n) is 23.8. The van der Waals surface area contributed by atoms with Gasteiger partial charge in [0.1, 0.15) is 18.4 Å². The number of hydrogen-bond acceptors (Lipinski definition) is 6. The van der Waals surface area contributed by atoms with Crippen molar-refractivity contribution in [3.8, 4) is 11.8 Å². The average Bonchev–Trinajstić information content (AvgIpc) is 2.90. The van der Waals surface area contributed by atoms with Gasteiger partial charge in [-0.15, -0.1) is 0 Å². The lowest BCUT2D eigenvalue weighted by molar-refractivity contribution is -0.116. The van der Waals surface area contributed by atoms with Gasteiger partial charge in [0.05, 0.1) is 22.0 Å². The Morgan fingerprint density at radius 1 is 1.18 bits per heavy atom. The lowest BCUT2D eigenvalue weighted by atomic mass is 10.0. The first-order valence-electron chi connectivity index (χ1n) is 13.1. The Kier molecular flexibility index (Phi) is 10.9. The molecule has 0 fully saturated rings. The van der Waals surface area contributed by atoms with E-state index in [1.807, 2.05) is 69.2 Å². The SMILES string of the molecule is C=c1cc(C)c(NC(=O)CCCN(C)C)c/c1=C(Nc1ccc(OCc2cccc(C)n2)c(Cl)c1)/C(C#N)=C\C. The van der Waals surface area contributed by atoms with E-state index in [2.05, 4.69) is 28.3 Å². The molecule has 2 N–H and O–H groups in total. The van der Waals surface area contributed by atoms with E-state index in [9.17, 15) is 10.1 Å². The summed E-state index contributed by atoms with van der Waals surface area (Å²) in [6, 6.07) is 17.1. The van der Waals surface area contributed by atoms with Crippen LogP contribution in [0.25, 0.3) is 12.3 Å². The Morgan fingerprint density at radius 3 is 2.60 bits per heavy atom. The van der Waals surface area contributed by atoms with E-state index in [1.165, 1.54) is 0 Å². The minimum Gasteiger partial charge on any atom is -0.486 e. The summed E-state index contributed by atoms with van der Waals surface area (Å²) in [5.41, 5.74) is 4.96. The largest absolute Gasteiger partial charge is 0.486 e. The van der Waals surface area contributed by atoms with Crippen molar-refractivity contribution in [2.24, 2.45) is 0 Å². The van der Waals surface area contributed by atoms with Crippen molar-refractivity contribution in [3.63, 3.8) is 0 Å². The maximum atomic E-state index is 12.6. The third-order valence-corrected chi connectivity index (χ3v) is 6.50. The molecular weight excluding hydrogens is 522 g/mol. The van der Waals surface area contributed by atoms with E-state index in [-0.39, 0.29) is 5.91 Å². The summed E-state index contributed by atoms with van der Waals surface area (Å²) in [5, 5.41) is 18.1. The first kappa shape index (κ1) is 30.4. The van der Waals surface area contributed by atoms with E-state index in [4.69, 9.17) is 16.3 Å². The number of carbonyl (C=O) groups excluding carboxylic acids is 1. The Labute approximate surface area is 241 Å². The fourth-order valence-electron chi connectivity index (χ4n) is 4.12.